The van der Waals surface area contributed by atoms with Gasteiger partial charge >= 0.3 is 0 Å². The fraction of sp³-hybridized carbons (Fsp3) is 0.500. The Hall–Kier alpha value is -1.85. The second kappa shape index (κ2) is 5.29. The number of carbonyl (C=O) groups excluding carboxylic acids is 2. The van der Waals surface area contributed by atoms with Crippen molar-refractivity contribution < 1.29 is 9.59 Å². The summed E-state index contributed by atoms with van der Waals surface area (Å²) in [5.41, 5.74) is 0.444. The van der Waals surface area contributed by atoms with E-state index >= 15 is 0 Å². The van der Waals surface area contributed by atoms with Crippen molar-refractivity contribution in [3.05, 3.63) is 18.0 Å². The minimum Gasteiger partial charge on any atom is -0.352 e. The maximum Gasteiger partial charge on any atom is 0.257 e. The van der Waals surface area contributed by atoms with Gasteiger partial charge < -0.3 is 10.2 Å². The third-order valence-electron chi connectivity index (χ3n) is 1.92. The highest BCUT2D eigenvalue weighted by Crippen LogP contribution is 1.99. The van der Waals surface area contributed by atoms with Crippen LogP contribution in [0.25, 0.3) is 0 Å². The third kappa shape index (κ3) is 3.38. The normalized spacial score (nSPS) is 10.2. The summed E-state index contributed by atoms with van der Waals surface area (Å²) in [5, 5.41) is 8.95. The molecule has 0 bridgehead atoms. The lowest BCUT2D eigenvalue weighted by atomic mass is 10.3. The van der Waals surface area contributed by atoms with Gasteiger partial charge in [-0.05, 0) is 13.8 Å². The molecule has 6 heteroatoms. The van der Waals surface area contributed by atoms with Crippen LogP contribution in [-0.2, 0) is 4.79 Å². The maximum atomic E-state index is 11.7. The Labute approximate surface area is 94.0 Å². The number of nitrogens with zero attached hydrogens (tertiary/aromatic N) is 2. The van der Waals surface area contributed by atoms with Crippen molar-refractivity contribution in [2.75, 3.05) is 13.6 Å². The molecule has 0 saturated heterocycles. The summed E-state index contributed by atoms with van der Waals surface area (Å²) >= 11 is 0. The van der Waals surface area contributed by atoms with Gasteiger partial charge in [0, 0.05) is 19.3 Å². The molecule has 0 spiro atoms. The number of rotatable bonds is 4. The maximum absolute atomic E-state index is 11.7. The van der Waals surface area contributed by atoms with Gasteiger partial charge in [-0.1, -0.05) is 0 Å². The molecule has 16 heavy (non-hydrogen) atoms. The number of H-pyrrole nitrogens is 1. The molecule has 0 atom stereocenters. The molecule has 0 radical (unpaired) electrons. The highest BCUT2D eigenvalue weighted by Gasteiger charge is 2.15. The topological polar surface area (TPSA) is 78.1 Å². The summed E-state index contributed by atoms with van der Waals surface area (Å²) < 4.78 is 0. The molecule has 0 aliphatic carbocycles. The zero-order chi connectivity index (χ0) is 12.1. The second-order valence-electron chi connectivity index (χ2n) is 3.87. The van der Waals surface area contributed by atoms with E-state index in [1.54, 1.807) is 7.05 Å². The predicted molar refractivity (Wildman–Crippen MR) is 58.8 cm³/mol. The largest absolute Gasteiger partial charge is 0.352 e. The van der Waals surface area contributed by atoms with Crippen LogP contribution in [0.3, 0.4) is 0 Å². The first-order chi connectivity index (χ1) is 7.50. The number of carbonyl (C=O) groups is 2. The summed E-state index contributed by atoms with van der Waals surface area (Å²) in [6.45, 7) is 3.79. The van der Waals surface area contributed by atoms with Gasteiger partial charge in [0.1, 0.15) is 0 Å². The molecule has 2 N–H and O–H groups in total. The van der Waals surface area contributed by atoms with Crippen LogP contribution in [0.2, 0.25) is 0 Å². The Morgan fingerprint density at radius 2 is 2.25 bits per heavy atom. The smallest absolute Gasteiger partial charge is 0.257 e. The van der Waals surface area contributed by atoms with Crippen molar-refractivity contribution in [3.63, 3.8) is 0 Å². The van der Waals surface area contributed by atoms with Gasteiger partial charge in [-0.3, -0.25) is 14.7 Å². The van der Waals surface area contributed by atoms with E-state index in [9.17, 15) is 9.59 Å². The van der Waals surface area contributed by atoms with Crippen molar-refractivity contribution in [2.24, 2.45) is 0 Å². The fourth-order valence-electron chi connectivity index (χ4n) is 1.24. The van der Waals surface area contributed by atoms with Crippen molar-refractivity contribution in [3.8, 4) is 0 Å². The van der Waals surface area contributed by atoms with Crippen molar-refractivity contribution in [2.45, 2.75) is 19.9 Å². The number of hydrogen-bond donors (Lipinski definition) is 2. The quantitative estimate of drug-likeness (QED) is 0.756. The van der Waals surface area contributed by atoms with Crippen LogP contribution in [0, 0.1) is 0 Å². The Bertz CT molecular complexity index is 359. The molecular formula is C10H16N4O2. The van der Waals surface area contributed by atoms with E-state index < -0.39 is 0 Å². The Kier molecular flexibility index (Phi) is 4.04. The van der Waals surface area contributed by atoms with E-state index in [2.05, 4.69) is 15.5 Å². The van der Waals surface area contributed by atoms with Crippen molar-refractivity contribution in [1.82, 2.24) is 20.4 Å². The lowest BCUT2D eigenvalue weighted by Crippen LogP contribution is -2.40. The minimum absolute atomic E-state index is 0.0438. The molecule has 0 aliphatic rings. The number of nitrogens with one attached hydrogen (secondary N) is 2. The summed E-state index contributed by atoms with van der Waals surface area (Å²) in [6.07, 6.45) is 2.93. The summed E-state index contributed by atoms with van der Waals surface area (Å²) in [4.78, 5) is 24.5. The molecule has 0 aliphatic heterocycles. The first-order valence-electron chi connectivity index (χ1n) is 5.04. The summed E-state index contributed by atoms with van der Waals surface area (Å²) in [5.74, 6) is -0.401. The number of hydrogen-bond acceptors (Lipinski definition) is 3. The molecule has 1 aromatic rings. The van der Waals surface area contributed by atoms with Crippen molar-refractivity contribution >= 4 is 11.8 Å². The van der Waals surface area contributed by atoms with Crippen molar-refractivity contribution in [1.29, 1.82) is 0 Å². The lowest BCUT2D eigenvalue weighted by Gasteiger charge is -2.16. The Morgan fingerprint density at radius 1 is 1.56 bits per heavy atom. The van der Waals surface area contributed by atoms with Crippen LogP contribution < -0.4 is 5.32 Å². The monoisotopic (exact) mass is 224 g/mol. The van der Waals surface area contributed by atoms with Gasteiger partial charge in [0.25, 0.3) is 5.91 Å². The molecule has 2 amide bonds. The van der Waals surface area contributed by atoms with Gasteiger partial charge in [0.05, 0.1) is 18.3 Å². The minimum atomic E-state index is -0.229. The molecule has 0 unspecified atom stereocenters. The fourth-order valence-corrected chi connectivity index (χ4v) is 1.24. The number of amides is 2. The van der Waals surface area contributed by atoms with Crippen LogP contribution in [0.1, 0.15) is 24.2 Å². The van der Waals surface area contributed by atoms with Crippen LogP contribution in [-0.4, -0.2) is 46.5 Å². The highest BCUT2D eigenvalue weighted by molar-refractivity contribution is 5.95. The lowest BCUT2D eigenvalue weighted by molar-refractivity contribution is -0.122. The average Bonchev–Trinajstić information content (AvgIpc) is 2.67. The first-order valence-corrected chi connectivity index (χ1v) is 5.04. The number of aromatic amines is 1. The highest BCUT2D eigenvalue weighted by atomic mass is 16.2. The zero-order valence-electron chi connectivity index (χ0n) is 9.65. The molecule has 0 aromatic carbocycles. The van der Waals surface area contributed by atoms with E-state index in [-0.39, 0.29) is 24.4 Å². The average molecular weight is 224 g/mol. The molecule has 1 rings (SSSR count). The van der Waals surface area contributed by atoms with Crippen LogP contribution in [0.5, 0.6) is 0 Å². The molecule has 88 valence electrons. The van der Waals surface area contributed by atoms with E-state index in [4.69, 9.17) is 0 Å². The summed E-state index contributed by atoms with van der Waals surface area (Å²) in [7, 11) is 1.58. The Morgan fingerprint density at radius 3 is 2.75 bits per heavy atom. The molecule has 1 heterocycles. The molecule has 0 saturated carbocycles. The second-order valence-corrected chi connectivity index (χ2v) is 3.87. The van der Waals surface area contributed by atoms with Gasteiger partial charge in [-0.15, -0.1) is 0 Å². The van der Waals surface area contributed by atoms with Crippen LogP contribution in [0.15, 0.2) is 12.4 Å². The van der Waals surface area contributed by atoms with Gasteiger partial charge in [-0.2, -0.15) is 5.10 Å². The van der Waals surface area contributed by atoms with E-state index in [0.717, 1.165) is 0 Å². The molecule has 6 nitrogen and oxygen atoms in total. The van der Waals surface area contributed by atoms with Crippen LogP contribution in [0.4, 0.5) is 0 Å². The SMILES string of the molecule is CC(C)NC(=O)CN(C)C(=O)c1cn[nH]c1. The zero-order valence-corrected chi connectivity index (χ0v) is 9.65. The van der Waals surface area contributed by atoms with E-state index in [1.807, 2.05) is 13.8 Å². The van der Waals surface area contributed by atoms with Gasteiger partial charge in [0.2, 0.25) is 5.91 Å². The van der Waals surface area contributed by atoms with E-state index in [0.29, 0.717) is 5.56 Å². The van der Waals surface area contributed by atoms with Crippen LogP contribution >= 0.6 is 0 Å². The standard InChI is InChI=1S/C10H16N4O2/c1-7(2)13-9(15)6-14(3)10(16)8-4-11-12-5-8/h4-5,7H,6H2,1-3H3,(H,11,12)(H,13,15). The molecule has 0 fully saturated rings. The Balaban J connectivity index is 2.49. The third-order valence-corrected chi connectivity index (χ3v) is 1.92. The molecule has 1 aromatic heterocycles. The van der Waals surface area contributed by atoms with Gasteiger partial charge in [-0.25, -0.2) is 0 Å². The number of likely N-dealkylation sites (N-methyl/N-ethyl adjacent to an activating group) is 1. The predicted octanol–water partition coefficient (Wildman–Crippen LogP) is 0.00630. The van der Waals surface area contributed by atoms with E-state index in [1.165, 1.54) is 17.3 Å². The number of aromatic nitrogens is 2. The molecular weight excluding hydrogens is 208 g/mol. The summed E-state index contributed by atoms with van der Waals surface area (Å²) in [6, 6.07) is 0.0740. The van der Waals surface area contributed by atoms with Gasteiger partial charge in [0.15, 0.2) is 0 Å². The first kappa shape index (κ1) is 12.2.